The van der Waals surface area contributed by atoms with Gasteiger partial charge in [-0.25, -0.2) is 0 Å². The maximum absolute atomic E-state index is 12.4. The number of anilines is 1. The summed E-state index contributed by atoms with van der Waals surface area (Å²) < 4.78 is 41.1. The highest BCUT2D eigenvalue weighted by Gasteiger charge is 2.32. The topological polar surface area (TPSA) is 62.9 Å². The summed E-state index contributed by atoms with van der Waals surface area (Å²) in [4.78, 5) is 6.58. The van der Waals surface area contributed by atoms with E-state index in [2.05, 4.69) is 26.9 Å². The van der Waals surface area contributed by atoms with E-state index in [0.29, 0.717) is 6.54 Å². The summed E-state index contributed by atoms with van der Waals surface area (Å²) in [5.74, 6) is 0.536. The zero-order valence-corrected chi connectivity index (χ0v) is 17.1. The van der Waals surface area contributed by atoms with Gasteiger partial charge in [0.25, 0.3) is 0 Å². The normalized spacial score (nSPS) is 16.8. The number of benzene rings is 1. The number of likely N-dealkylation sites (tertiary alicyclic amines) is 1. The van der Waals surface area contributed by atoms with Crippen LogP contribution in [0.5, 0.6) is 5.75 Å². The van der Waals surface area contributed by atoms with Crippen LogP contribution < -0.4 is 15.8 Å². The third kappa shape index (κ3) is 8.43. The third-order valence-electron chi connectivity index (χ3n) is 4.17. The molecule has 1 heterocycles. The molecule has 0 aliphatic carbocycles. The molecular weight excluding hydrogens is 460 g/mol. The Kier molecular flexibility index (Phi) is 9.48. The van der Waals surface area contributed by atoms with E-state index >= 15 is 0 Å². The number of hydrogen-bond donors (Lipinski definition) is 2. The number of halogens is 4. The second kappa shape index (κ2) is 10.8. The number of nitrogens with one attached hydrogen (secondary N) is 1. The molecule has 26 heavy (non-hydrogen) atoms. The molecule has 0 amide bonds. The molecule has 1 aromatic carbocycles. The second-order valence-corrected chi connectivity index (χ2v) is 6.31. The van der Waals surface area contributed by atoms with Gasteiger partial charge in [-0.05, 0) is 56.9 Å². The van der Waals surface area contributed by atoms with Crippen LogP contribution in [0.25, 0.3) is 0 Å². The second-order valence-electron chi connectivity index (χ2n) is 6.31. The Hall–Kier alpha value is -1.23. The van der Waals surface area contributed by atoms with Crippen LogP contribution in [0.3, 0.4) is 0 Å². The molecule has 0 saturated carbocycles. The van der Waals surface area contributed by atoms with Gasteiger partial charge >= 0.3 is 6.36 Å². The van der Waals surface area contributed by atoms with Gasteiger partial charge in [0, 0.05) is 6.54 Å². The summed E-state index contributed by atoms with van der Waals surface area (Å²) in [6, 6.07) is 5.73. The van der Waals surface area contributed by atoms with Crippen molar-refractivity contribution < 1.29 is 17.9 Å². The Bertz CT molecular complexity index is 575. The van der Waals surface area contributed by atoms with Gasteiger partial charge in [0.2, 0.25) is 0 Å². The molecule has 0 radical (unpaired) electrons. The molecule has 2 rings (SSSR count). The number of nitrogens with zero attached hydrogens (tertiary/aromatic N) is 2. The van der Waals surface area contributed by atoms with E-state index in [-0.39, 0.29) is 41.4 Å². The minimum atomic E-state index is -4.75. The van der Waals surface area contributed by atoms with E-state index in [0.717, 1.165) is 32.0 Å². The molecule has 0 atom stereocenters. The molecule has 1 saturated heterocycles. The third-order valence-corrected chi connectivity index (χ3v) is 4.17. The minimum Gasteiger partial charge on any atom is -0.404 e. The molecule has 148 valence electrons. The first-order chi connectivity index (χ1) is 11.8. The predicted molar refractivity (Wildman–Crippen MR) is 108 cm³/mol. The number of para-hydroxylation sites is 2. The highest BCUT2D eigenvalue weighted by Crippen LogP contribution is 2.29. The first-order valence-electron chi connectivity index (χ1n) is 8.47. The summed E-state index contributed by atoms with van der Waals surface area (Å²) in [6.45, 7) is 5.97. The van der Waals surface area contributed by atoms with Crippen molar-refractivity contribution in [3.8, 4) is 5.75 Å². The van der Waals surface area contributed by atoms with E-state index in [4.69, 9.17) is 5.73 Å². The first-order valence-corrected chi connectivity index (χ1v) is 8.47. The van der Waals surface area contributed by atoms with E-state index in [1.807, 2.05) is 0 Å². The summed E-state index contributed by atoms with van der Waals surface area (Å²) in [5.41, 5.74) is 5.89. The average Bonchev–Trinajstić information content (AvgIpc) is 2.54. The molecule has 1 fully saturated rings. The van der Waals surface area contributed by atoms with Crippen LogP contribution in [0.15, 0.2) is 29.3 Å². The van der Waals surface area contributed by atoms with Crippen LogP contribution in [-0.4, -0.2) is 43.4 Å². The quantitative estimate of drug-likeness (QED) is 0.276. The smallest absolute Gasteiger partial charge is 0.404 e. The van der Waals surface area contributed by atoms with Crippen molar-refractivity contribution in [2.45, 2.75) is 32.5 Å². The predicted octanol–water partition coefficient (Wildman–Crippen LogP) is 4.05. The Morgan fingerprint density at radius 2 is 1.96 bits per heavy atom. The lowest BCUT2D eigenvalue weighted by Crippen LogP contribution is -2.34. The Morgan fingerprint density at radius 3 is 2.62 bits per heavy atom. The lowest BCUT2D eigenvalue weighted by atomic mass is 9.99. The lowest BCUT2D eigenvalue weighted by Gasteiger charge is -2.29. The highest BCUT2D eigenvalue weighted by molar-refractivity contribution is 14.0. The summed E-state index contributed by atoms with van der Waals surface area (Å²) >= 11 is 0. The Balaban J connectivity index is 0.00000338. The van der Waals surface area contributed by atoms with Gasteiger partial charge in [0.05, 0.1) is 5.69 Å². The van der Waals surface area contributed by atoms with Crippen LogP contribution in [-0.2, 0) is 0 Å². The maximum Gasteiger partial charge on any atom is 0.573 e. The maximum atomic E-state index is 12.4. The van der Waals surface area contributed by atoms with Gasteiger partial charge < -0.3 is 20.7 Å². The number of piperidine rings is 1. The van der Waals surface area contributed by atoms with Gasteiger partial charge in [0.15, 0.2) is 11.7 Å². The Morgan fingerprint density at radius 1 is 1.31 bits per heavy atom. The molecule has 0 aromatic heterocycles. The van der Waals surface area contributed by atoms with E-state index < -0.39 is 6.36 Å². The number of ether oxygens (including phenoxy) is 1. The fraction of sp³-hybridized carbons (Fsp3) is 0.588. The molecule has 1 aliphatic heterocycles. The summed E-state index contributed by atoms with van der Waals surface area (Å²) in [5, 5.41) is 2.67. The van der Waals surface area contributed by atoms with Crippen LogP contribution >= 0.6 is 24.0 Å². The van der Waals surface area contributed by atoms with Crippen LogP contribution in [0, 0.1) is 5.92 Å². The van der Waals surface area contributed by atoms with Crippen LogP contribution in [0.4, 0.5) is 18.9 Å². The first kappa shape index (κ1) is 22.8. The Labute approximate surface area is 169 Å². The van der Waals surface area contributed by atoms with Crippen molar-refractivity contribution in [2.24, 2.45) is 16.6 Å². The summed E-state index contributed by atoms with van der Waals surface area (Å²) in [7, 11) is 0. The van der Waals surface area contributed by atoms with Crippen LogP contribution in [0.2, 0.25) is 0 Å². The van der Waals surface area contributed by atoms with Crippen molar-refractivity contribution in [1.82, 2.24) is 4.90 Å². The largest absolute Gasteiger partial charge is 0.573 e. The van der Waals surface area contributed by atoms with Gasteiger partial charge in [-0.3, -0.25) is 4.99 Å². The molecule has 5 nitrogen and oxygen atoms in total. The highest BCUT2D eigenvalue weighted by atomic mass is 127. The molecule has 1 aromatic rings. The van der Waals surface area contributed by atoms with Crippen molar-refractivity contribution in [1.29, 1.82) is 0 Å². The number of alkyl halides is 3. The minimum absolute atomic E-state index is 0. The fourth-order valence-electron chi connectivity index (χ4n) is 2.74. The van der Waals surface area contributed by atoms with Gasteiger partial charge in [0.1, 0.15) is 0 Å². The molecule has 0 spiro atoms. The van der Waals surface area contributed by atoms with Gasteiger partial charge in [-0.1, -0.05) is 19.1 Å². The van der Waals surface area contributed by atoms with Crippen molar-refractivity contribution in [3.63, 3.8) is 0 Å². The van der Waals surface area contributed by atoms with Crippen molar-refractivity contribution in [2.75, 3.05) is 31.5 Å². The molecular formula is C17H26F3IN4O. The van der Waals surface area contributed by atoms with E-state index in [1.165, 1.54) is 31.0 Å². The number of aliphatic imine (C=N–C) groups is 1. The number of guanidine groups is 1. The number of hydrogen-bond acceptors (Lipinski definition) is 3. The van der Waals surface area contributed by atoms with Crippen molar-refractivity contribution in [3.05, 3.63) is 24.3 Å². The van der Waals surface area contributed by atoms with Gasteiger partial charge in [-0.15, -0.1) is 37.1 Å². The van der Waals surface area contributed by atoms with Crippen LogP contribution in [0.1, 0.15) is 26.2 Å². The SMILES string of the molecule is CC1CCN(CCCN=C(N)Nc2ccccc2OC(F)(F)F)CC1.I. The fourth-order valence-corrected chi connectivity index (χ4v) is 2.74. The van der Waals surface area contributed by atoms with E-state index in [9.17, 15) is 13.2 Å². The standard InChI is InChI=1S/C17H25F3N4O.HI/c1-13-7-11-24(12-8-13)10-4-9-22-16(21)23-14-5-2-3-6-15(14)25-17(18,19)20;/h2-3,5-6,13H,4,7-12H2,1H3,(H3,21,22,23);1H. The molecule has 0 unspecified atom stereocenters. The zero-order chi connectivity index (χ0) is 18.3. The van der Waals surface area contributed by atoms with E-state index in [1.54, 1.807) is 6.07 Å². The molecule has 9 heteroatoms. The molecule has 1 aliphatic rings. The van der Waals surface area contributed by atoms with Gasteiger partial charge in [-0.2, -0.15) is 0 Å². The monoisotopic (exact) mass is 486 g/mol. The number of rotatable bonds is 6. The lowest BCUT2D eigenvalue weighted by molar-refractivity contribution is -0.274. The molecule has 0 bridgehead atoms. The van der Waals surface area contributed by atoms with Crippen molar-refractivity contribution >= 4 is 35.6 Å². The zero-order valence-electron chi connectivity index (χ0n) is 14.8. The average molecular weight is 486 g/mol. The summed E-state index contributed by atoms with van der Waals surface area (Å²) in [6.07, 6.45) is -1.45. The number of nitrogens with two attached hydrogens (primary N) is 1. The molecule has 3 N–H and O–H groups in total.